The van der Waals surface area contributed by atoms with Crippen molar-refractivity contribution in [2.24, 2.45) is 5.41 Å². The van der Waals surface area contributed by atoms with Crippen LogP contribution in [0.2, 0.25) is 0 Å². The number of carboxylic acid groups (broad SMARTS) is 3. The Morgan fingerprint density at radius 1 is 0.909 bits per heavy atom. The molecule has 1 aliphatic carbocycles. The first-order valence-corrected chi connectivity index (χ1v) is 7.00. The minimum absolute atomic E-state index is 0.691. The summed E-state index contributed by atoms with van der Waals surface area (Å²) in [6.45, 7) is 4.81. The van der Waals surface area contributed by atoms with Crippen LogP contribution in [-0.4, -0.2) is 70.1 Å². The van der Waals surface area contributed by atoms with Crippen molar-refractivity contribution in [1.29, 1.82) is 0 Å². The zero-order valence-electron chi connectivity index (χ0n) is 12.2. The maximum Gasteiger partial charge on any atom is 0.336 e. The maximum atomic E-state index is 10.3. The van der Waals surface area contributed by atoms with Gasteiger partial charge < -0.3 is 31.1 Å². The smallest absolute Gasteiger partial charge is 0.336 e. The summed E-state index contributed by atoms with van der Waals surface area (Å²) in [6.07, 6.45) is 0.587. The summed E-state index contributed by atoms with van der Waals surface area (Å²) in [5, 5.41) is 40.7. The Morgan fingerprint density at radius 2 is 1.32 bits per heavy atom. The first-order chi connectivity index (χ1) is 10.2. The van der Waals surface area contributed by atoms with E-state index in [9.17, 15) is 14.4 Å². The molecular formula is C13H22N2O7. The van der Waals surface area contributed by atoms with Gasteiger partial charge in [0.05, 0.1) is 12.8 Å². The van der Waals surface area contributed by atoms with Gasteiger partial charge in [0, 0.05) is 26.2 Å². The predicted molar refractivity (Wildman–Crippen MR) is 74.5 cm³/mol. The van der Waals surface area contributed by atoms with Crippen molar-refractivity contribution in [3.63, 3.8) is 0 Å². The highest BCUT2D eigenvalue weighted by Gasteiger charge is 2.42. The van der Waals surface area contributed by atoms with E-state index in [0.717, 1.165) is 13.1 Å². The first kappa shape index (κ1) is 18.3. The number of hydrogen-bond donors (Lipinski definition) is 6. The van der Waals surface area contributed by atoms with E-state index in [2.05, 4.69) is 10.6 Å². The molecule has 0 aromatic carbocycles. The van der Waals surface area contributed by atoms with E-state index in [-0.39, 0.29) is 0 Å². The summed E-state index contributed by atoms with van der Waals surface area (Å²) in [4.78, 5) is 30.5. The highest BCUT2D eigenvalue weighted by molar-refractivity contribution is 5.88. The Labute approximate surface area is 127 Å². The van der Waals surface area contributed by atoms with Crippen LogP contribution in [0.25, 0.3) is 0 Å². The Morgan fingerprint density at radius 3 is 1.59 bits per heavy atom. The number of hydrogen-bond acceptors (Lipinski definition) is 6. The fourth-order valence-electron chi connectivity index (χ4n) is 2.19. The summed E-state index contributed by atoms with van der Waals surface area (Å²) < 4.78 is 0. The average Bonchev–Trinajstić information content (AvgIpc) is 3.16. The van der Waals surface area contributed by atoms with Crippen molar-refractivity contribution < 1.29 is 34.8 Å². The van der Waals surface area contributed by atoms with Crippen LogP contribution in [0, 0.1) is 5.41 Å². The summed E-state index contributed by atoms with van der Waals surface area (Å²) in [6, 6.07) is 0. The SMILES string of the molecule is C1CNCC2(CC2)CN1.O=C(O)CC(O)(CC(=O)O)C(=O)O. The van der Waals surface area contributed by atoms with Crippen LogP contribution in [0.15, 0.2) is 0 Å². The first-order valence-electron chi connectivity index (χ1n) is 7.00. The molecule has 9 nitrogen and oxygen atoms in total. The molecule has 6 N–H and O–H groups in total. The van der Waals surface area contributed by atoms with E-state index in [0.29, 0.717) is 5.41 Å². The van der Waals surface area contributed by atoms with E-state index >= 15 is 0 Å². The Balaban J connectivity index is 0.000000231. The molecule has 1 heterocycles. The molecule has 2 aliphatic rings. The van der Waals surface area contributed by atoms with Crippen molar-refractivity contribution in [2.45, 2.75) is 31.3 Å². The minimum atomic E-state index is -2.74. The summed E-state index contributed by atoms with van der Waals surface area (Å²) in [5.41, 5.74) is -2.05. The van der Waals surface area contributed by atoms with E-state index in [1.54, 1.807) is 0 Å². The standard InChI is InChI=1S/C7H14N2.C6H8O7/c1-2-7(1)5-8-3-4-9-6-7;7-3(8)1-6(13,5(11)12)2-4(9)10/h8-9H,1-6H2;13H,1-2H2,(H,7,8)(H,9,10)(H,11,12). The third-order valence-corrected chi connectivity index (χ3v) is 3.72. The summed E-state index contributed by atoms with van der Waals surface area (Å²) in [5.74, 6) is -5.02. The summed E-state index contributed by atoms with van der Waals surface area (Å²) in [7, 11) is 0. The van der Waals surface area contributed by atoms with Gasteiger partial charge in [-0.3, -0.25) is 9.59 Å². The van der Waals surface area contributed by atoms with Gasteiger partial charge in [0.2, 0.25) is 0 Å². The maximum absolute atomic E-state index is 10.3. The number of carbonyl (C=O) groups is 3. The molecule has 126 valence electrons. The molecule has 0 atom stereocenters. The lowest BCUT2D eigenvalue weighted by Crippen LogP contribution is -2.42. The third kappa shape index (κ3) is 5.96. The molecule has 1 spiro atoms. The Kier molecular flexibility index (Phi) is 6.27. The molecule has 0 radical (unpaired) electrons. The van der Waals surface area contributed by atoms with Gasteiger partial charge in [-0.1, -0.05) is 0 Å². The van der Waals surface area contributed by atoms with Gasteiger partial charge in [0.25, 0.3) is 0 Å². The topological polar surface area (TPSA) is 156 Å². The van der Waals surface area contributed by atoms with Gasteiger partial charge in [-0.25, -0.2) is 4.79 Å². The molecule has 1 aliphatic heterocycles. The van der Waals surface area contributed by atoms with E-state index in [1.807, 2.05) is 0 Å². The largest absolute Gasteiger partial charge is 0.481 e. The molecule has 1 saturated heterocycles. The van der Waals surface area contributed by atoms with Crippen molar-refractivity contribution in [3.8, 4) is 0 Å². The van der Waals surface area contributed by atoms with Gasteiger partial charge in [-0.15, -0.1) is 0 Å². The lowest BCUT2D eigenvalue weighted by molar-refractivity contribution is -0.170. The monoisotopic (exact) mass is 318 g/mol. The zero-order valence-corrected chi connectivity index (χ0v) is 12.2. The molecule has 0 bridgehead atoms. The second kappa shape index (κ2) is 7.52. The Bertz CT molecular complexity index is 408. The molecule has 9 heteroatoms. The molecule has 0 aromatic heterocycles. The van der Waals surface area contributed by atoms with Gasteiger partial charge in [-0.2, -0.15) is 0 Å². The van der Waals surface area contributed by atoms with Gasteiger partial charge in [0.15, 0.2) is 5.60 Å². The summed E-state index contributed by atoms with van der Waals surface area (Å²) >= 11 is 0. The number of aliphatic carboxylic acids is 3. The van der Waals surface area contributed by atoms with Crippen LogP contribution in [0.5, 0.6) is 0 Å². The average molecular weight is 318 g/mol. The lowest BCUT2D eigenvalue weighted by Gasteiger charge is -2.18. The zero-order chi connectivity index (χ0) is 16.8. The number of aliphatic hydroxyl groups is 1. The second-order valence-corrected chi connectivity index (χ2v) is 5.83. The predicted octanol–water partition coefficient (Wildman–Crippen LogP) is -1.29. The fourth-order valence-corrected chi connectivity index (χ4v) is 2.19. The number of carboxylic acids is 3. The van der Waals surface area contributed by atoms with Crippen LogP contribution < -0.4 is 10.6 Å². The fraction of sp³-hybridized carbons (Fsp3) is 0.769. The normalized spacial score (nSPS) is 19.5. The van der Waals surface area contributed by atoms with E-state index < -0.39 is 36.4 Å². The quantitative estimate of drug-likeness (QED) is 0.363. The van der Waals surface area contributed by atoms with E-state index in [1.165, 1.54) is 25.9 Å². The lowest BCUT2D eigenvalue weighted by atomic mass is 9.96. The van der Waals surface area contributed by atoms with Crippen LogP contribution in [0.4, 0.5) is 0 Å². The van der Waals surface area contributed by atoms with Crippen LogP contribution in [-0.2, 0) is 14.4 Å². The molecule has 2 fully saturated rings. The molecule has 1 saturated carbocycles. The van der Waals surface area contributed by atoms with Crippen LogP contribution in [0.1, 0.15) is 25.7 Å². The molecule has 0 unspecified atom stereocenters. The Hall–Kier alpha value is -1.71. The van der Waals surface area contributed by atoms with Crippen LogP contribution in [0.3, 0.4) is 0 Å². The van der Waals surface area contributed by atoms with E-state index in [4.69, 9.17) is 20.4 Å². The van der Waals surface area contributed by atoms with Gasteiger partial charge in [-0.05, 0) is 18.3 Å². The number of rotatable bonds is 5. The molecule has 2 rings (SSSR count). The van der Waals surface area contributed by atoms with Crippen molar-refractivity contribution >= 4 is 17.9 Å². The van der Waals surface area contributed by atoms with Crippen molar-refractivity contribution in [3.05, 3.63) is 0 Å². The molecule has 0 aromatic rings. The highest BCUT2D eigenvalue weighted by Crippen LogP contribution is 2.44. The van der Waals surface area contributed by atoms with Gasteiger partial charge in [0.1, 0.15) is 0 Å². The molecule has 22 heavy (non-hydrogen) atoms. The molecule has 0 amide bonds. The highest BCUT2D eigenvalue weighted by atomic mass is 16.4. The van der Waals surface area contributed by atoms with Crippen molar-refractivity contribution in [1.82, 2.24) is 10.6 Å². The third-order valence-electron chi connectivity index (χ3n) is 3.72. The van der Waals surface area contributed by atoms with Crippen molar-refractivity contribution in [2.75, 3.05) is 26.2 Å². The second-order valence-electron chi connectivity index (χ2n) is 5.83. The van der Waals surface area contributed by atoms with Gasteiger partial charge >= 0.3 is 17.9 Å². The minimum Gasteiger partial charge on any atom is -0.481 e. The number of nitrogens with one attached hydrogen (secondary N) is 2. The molecular weight excluding hydrogens is 296 g/mol. The van der Waals surface area contributed by atoms with Crippen LogP contribution >= 0.6 is 0 Å².